The molecule has 1 aromatic carbocycles. The van der Waals surface area contributed by atoms with Gasteiger partial charge < -0.3 is 15.0 Å². The summed E-state index contributed by atoms with van der Waals surface area (Å²) in [5.41, 5.74) is 1.47. The van der Waals surface area contributed by atoms with E-state index in [4.69, 9.17) is 4.74 Å². The highest BCUT2D eigenvalue weighted by Gasteiger charge is 2.39. The number of hydrogen-bond donors (Lipinski definition) is 1. The molecule has 0 saturated carbocycles. The molecule has 1 aromatic rings. The first kappa shape index (κ1) is 22.9. The zero-order valence-electron chi connectivity index (χ0n) is 16.4. The summed E-state index contributed by atoms with van der Waals surface area (Å²) >= 11 is 3.64. The van der Waals surface area contributed by atoms with Crippen LogP contribution in [-0.2, 0) is 11.3 Å². The lowest BCUT2D eigenvalue weighted by molar-refractivity contribution is -0.0166. The molecule has 0 amide bonds. The summed E-state index contributed by atoms with van der Waals surface area (Å²) in [6.45, 7) is 5.91. The summed E-state index contributed by atoms with van der Waals surface area (Å²) in [6, 6.07) is 8.36. The van der Waals surface area contributed by atoms with Crippen molar-refractivity contribution in [3.63, 3.8) is 0 Å². The van der Waals surface area contributed by atoms with Gasteiger partial charge in [-0.05, 0) is 50.4 Å². The van der Waals surface area contributed by atoms with Crippen molar-refractivity contribution in [3.05, 3.63) is 34.3 Å². The van der Waals surface area contributed by atoms with Crippen molar-refractivity contribution in [3.8, 4) is 0 Å². The van der Waals surface area contributed by atoms with Gasteiger partial charge in [0.05, 0.1) is 0 Å². The van der Waals surface area contributed by atoms with Gasteiger partial charge in [-0.3, -0.25) is 9.89 Å². The Morgan fingerprint density at radius 1 is 1.26 bits per heavy atom. The summed E-state index contributed by atoms with van der Waals surface area (Å²) in [5.74, 6) is 0.950. The van der Waals surface area contributed by atoms with Crippen LogP contribution in [0.5, 0.6) is 0 Å². The van der Waals surface area contributed by atoms with E-state index in [2.05, 4.69) is 61.3 Å². The van der Waals surface area contributed by atoms with E-state index in [0.717, 1.165) is 49.6 Å². The Hall–Kier alpha value is -0.380. The minimum absolute atomic E-state index is 0. The molecule has 2 aliphatic heterocycles. The Balaban J connectivity index is 0.00000261. The number of nitrogens with one attached hydrogen (secondary N) is 1. The van der Waals surface area contributed by atoms with Gasteiger partial charge in [-0.15, -0.1) is 24.0 Å². The van der Waals surface area contributed by atoms with Crippen LogP contribution in [0.2, 0.25) is 0 Å². The molecule has 0 radical (unpaired) electrons. The van der Waals surface area contributed by atoms with Crippen LogP contribution < -0.4 is 5.32 Å². The molecule has 0 bridgehead atoms. The van der Waals surface area contributed by atoms with Gasteiger partial charge in [-0.1, -0.05) is 34.1 Å². The third-order valence-electron chi connectivity index (χ3n) is 5.71. The summed E-state index contributed by atoms with van der Waals surface area (Å²) in [5, 5.41) is 3.66. The number of nitrogens with zero attached hydrogens (tertiary/aromatic N) is 3. The lowest BCUT2D eigenvalue weighted by Crippen LogP contribution is -2.58. The molecule has 2 aliphatic rings. The summed E-state index contributed by atoms with van der Waals surface area (Å²) in [7, 11) is 3.96. The molecular weight excluding hydrogens is 519 g/mol. The number of hydrogen-bond acceptors (Lipinski definition) is 3. The average Bonchev–Trinajstić information content (AvgIpc) is 3.20. The Bertz CT molecular complexity index is 616. The molecular formula is C20H32BrIN4O. The minimum Gasteiger partial charge on any atom is -0.381 e. The molecule has 2 fully saturated rings. The van der Waals surface area contributed by atoms with Crippen LogP contribution in [0.4, 0.5) is 0 Å². The number of guanidine groups is 1. The summed E-state index contributed by atoms with van der Waals surface area (Å²) in [6.07, 6.45) is 4.84. The quantitative estimate of drug-likeness (QED) is 0.344. The standard InChI is InChI=1S/C20H31BrN4O.HI/c1-22-19(24(2)15-17-7-3-4-8-18(17)21)23-16-20(9-13-26-14-10-20)25-11-5-6-12-25;/h3-4,7-8H,5-6,9-16H2,1-2H3,(H,22,23);1H. The molecule has 5 nitrogen and oxygen atoms in total. The largest absolute Gasteiger partial charge is 0.381 e. The fourth-order valence-corrected chi connectivity index (χ4v) is 4.54. The first-order chi connectivity index (χ1) is 12.6. The second kappa shape index (κ2) is 11.0. The SMILES string of the molecule is CN=C(NCC1(N2CCCC2)CCOCC1)N(C)Cc1ccccc1Br.I. The van der Waals surface area contributed by atoms with Crippen molar-refractivity contribution in [1.29, 1.82) is 0 Å². The van der Waals surface area contributed by atoms with Crippen molar-refractivity contribution in [2.45, 2.75) is 37.8 Å². The monoisotopic (exact) mass is 550 g/mol. The van der Waals surface area contributed by atoms with Gasteiger partial charge in [-0.2, -0.15) is 0 Å². The number of likely N-dealkylation sites (tertiary alicyclic amines) is 1. The second-order valence-electron chi connectivity index (χ2n) is 7.38. The van der Waals surface area contributed by atoms with E-state index < -0.39 is 0 Å². The van der Waals surface area contributed by atoms with Crippen molar-refractivity contribution >= 4 is 45.9 Å². The van der Waals surface area contributed by atoms with Gasteiger partial charge in [0.2, 0.25) is 0 Å². The lowest BCUT2D eigenvalue weighted by atomic mass is 9.88. The molecule has 0 aliphatic carbocycles. The van der Waals surface area contributed by atoms with Crippen LogP contribution in [0.1, 0.15) is 31.2 Å². The summed E-state index contributed by atoms with van der Waals surface area (Å²) in [4.78, 5) is 9.40. The van der Waals surface area contributed by atoms with Gasteiger partial charge in [0, 0.05) is 50.4 Å². The van der Waals surface area contributed by atoms with Gasteiger partial charge in [0.25, 0.3) is 0 Å². The van der Waals surface area contributed by atoms with Crippen LogP contribution in [-0.4, -0.2) is 68.2 Å². The van der Waals surface area contributed by atoms with E-state index >= 15 is 0 Å². The van der Waals surface area contributed by atoms with Gasteiger partial charge in [0.1, 0.15) is 0 Å². The topological polar surface area (TPSA) is 40.1 Å². The van der Waals surface area contributed by atoms with Crippen LogP contribution in [0.25, 0.3) is 0 Å². The van der Waals surface area contributed by atoms with Gasteiger partial charge in [-0.25, -0.2) is 0 Å². The maximum absolute atomic E-state index is 5.66. The van der Waals surface area contributed by atoms with E-state index in [9.17, 15) is 0 Å². The van der Waals surface area contributed by atoms with Crippen molar-refractivity contribution in [2.24, 2.45) is 4.99 Å². The lowest BCUT2D eigenvalue weighted by Gasteiger charge is -2.45. The highest BCUT2D eigenvalue weighted by Crippen LogP contribution is 2.30. The molecule has 0 atom stereocenters. The molecule has 0 aromatic heterocycles. The second-order valence-corrected chi connectivity index (χ2v) is 8.23. The van der Waals surface area contributed by atoms with E-state index in [1.54, 1.807) is 0 Å². The number of halogens is 2. The van der Waals surface area contributed by atoms with Gasteiger partial charge >= 0.3 is 0 Å². The smallest absolute Gasteiger partial charge is 0.193 e. The molecule has 0 unspecified atom stereocenters. The molecule has 7 heteroatoms. The highest BCUT2D eigenvalue weighted by molar-refractivity contribution is 14.0. The molecule has 1 N–H and O–H groups in total. The highest BCUT2D eigenvalue weighted by atomic mass is 127. The van der Waals surface area contributed by atoms with Gasteiger partial charge in [0.15, 0.2) is 5.96 Å². The normalized spacial score (nSPS) is 20.2. The predicted octanol–water partition coefficient (Wildman–Crippen LogP) is 3.72. The molecule has 2 heterocycles. The number of aliphatic imine (C=N–C) groups is 1. The van der Waals surface area contributed by atoms with E-state index in [1.165, 1.54) is 31.5 Å². The van der Waals surface area contributed by atoms with Crippen LogP contribution >= 0.6 is 39.9 Å². The summed E-state index contributed by atoms with van der Waals surface area (Å²) < 4.78 is 6.80. The van der Waals surface area contributed by atoms with E-state index in [-0.39, 0.29) is 29.5 Å². The predicted molar refractivity (Wildman–Crippen MR) is 126 cm³/mol. The third-order valence-corrected chi connectivity index (χ3v) is 6.49. The number of ether oxygens (including phenoxy) is 1. The zero-order chi connectivity index (χ0) is 18.4. The van der Waals surface area contributed by atoms with Crippen molar-refractivity contribution in [1.82, 2.24) is 15.1 Å². The van der Waals surface area contributed by atoms with E-state index in [0.29, 0.717) is 0 Å². The van der Waals surface area contributed by atoms with Crippen molar-refractivity contribution < 1.29 is 4.74 Å². The maximum atomic E-state index is 5.66. The van der Waals surface area contributed by atoms with Crippen LogP contribution in [0.3, 0.4) is 0 Å². The minimum atomic E-state index is 0. The Morgan fingerprint density at radius 2 is 1.93 bits per heavy atom. The maximum Gasteiger partial charge on any atom is 0.193 e. The fourth-order valence-electron chi connectivity index (χ4n) is 4.13. The first-order valence-electron chi connectivity index (χ1n) is 9.63. The van der Waals surface area contributed by atoms with Crippen LogP contribution in [0, 0.1) is 0 Å². The molecule has 0 spiro atoms. The molecule has 27 heavy (non-hydrogen) atoms. The Morgan fingerprint density at radius 3 is 2.56 bits per heavy atom. The molecule has 152 valence electrons. The third kappa shape index (κ3) is 5.81. The number of rotatable bonds is 5. The fraction of sp³-hybridized carbons (Fsp3) is 0.650. The zero-order valence-corrected chi connectivity index (χ0v) is 20.3. The number of benzene rings is 1. The first-order valence-corrected chi connectivity index (χ1v) is 10.4. The van der Waals surface area contributed by atoms with E-state index in [1.807, 2.05) is 13.1 Å². The Kier molecular flexibility index (Phi) is 9.31. The average molecular weight is 551 g/mol. The molecule has 2 saturated heterocycles. The molecule has 3 rings (SSSR count). The van der Waals surface area contributed by atoms with Crippen LogP contribution in [0.15, 0.2) is 33.7 Å². The van der Waals surface area contributed by atoms with Crippen molar-refractivity contribution in [2.75, 3.05) is 46.9 Å². The Labute approximate surface area is 189 Å².